The Morgan fingerprint density at radius 2 is 1.96 bits per heavy atom. The Labute approximate surface area is 153 Å². The normalized spacial score (nSPS) is 19.4. The third-order valence-electron chi connectivity index (χ3n) is 5.14. The van der Waals surface area contributed by atoms with E-state index < -0.39 is 0 Å². The molecule has 0 spiro atoms. The summed E-state index contributed by atoms with van der Waals surface area (Å²) in [5.74, 6) is 0.624. The number of rotatable bonds is 5. The SMILES string of the molecule is C[C@H](c1ccccc1F)N(C(=O)NC[C@@H]1Cc2ccccc2O1)C1CC1. The van der Waals surface area contributed by atoms with Crippen molar-refractivity contribution < 1.29 is 13.9 Å². The number of para-hydroxylation sites is 1. The van der Waals surface area contributed by atoms with Crippen molar-refractivity contribution in [2.24, 2.45) is 0 Å². The molecule has 1 saturated carbocycles. The topological polar surface area (TPSA) is 41.6 Å². The maximum atomic E-state index is 14.2. The molecular weight excluding hydrogens is 331 g/mol. The van der Waals surface area contributed by atoms with Crippen molar-refractivity contribution in [3.05, 3.63) is 65.5 Å². The molecule has 1 aliphatic heterocycles. The van der Waals surface area contributed by atoms with Crippen LogP contribution in [0.5, 0.6) is 5.75 Å². The summed E-state index contributed by atoms with van der Waals surface area (Å²) in [6.07, 6.45) is 2.68. The Morgan fingerprint density at radius 1 is 1.23 bits per heavy atom. The lowest BCUT2D eigenvalue weighted by atomic mass is 10.1. The van der Waals surface area contributed by atoms with Crippen LogP contribution in [0.2, 0.25) is 0 Å². The number of hydrogen-bond acceptors (Lipinski definition) is 2. The highest BCUT2D eigenvalue weighted by molar-refractivity contribution is 5.75. The van der Waals surface area contributed by atoms with Gasteiger partial charge in [0.15, 0.2) is 0 Å². The molecule has 2 atom stereocenters. The number of carbonyl (C=O) groups excluding carboxylic acids is 1. The average Bonchev–Trinajstić information content (AvgIpc) is 3.38. The monoisotopic (exact) mass is 354 g/mol. The molecule has 0 saturated heterocycles. The third kappa shape index (κ3) is 3.39. The number of ether oxygens (including phenoxy) is 1. The predicted octanol–water partition coefficient (Wildman–Crippen LogP) is 4.06. The van der Waals surface area contributed by atoms with Crippen LogP contribution < -0.4 is 10.1 Å². The average molecular weight is 354 g/mol. The zero-order valence-corrected chi connectivity index (χ0v) is 14.8. The van der Waals surface area contributed by atoms with E-state index in [0.717, 1.165) is 25.0 Å². The van der Waals surface area contributed by atoms with E-state index in [2.05, 4.69) is 5.32 Å². The van der Waals surface area contributed by atoms with Crippen molar-refractivity contribution in [1.29, 1.82) is 0 Å². The fourth-order valence-electron chi connectivity index (χ4n) is 3.63. The second-order valence-corrected chi connectivity index (χ2v) is 7.07. The molecule has 1 N–H and O–H groups in total. The second kappa shape index (κ2) is 6.98. The van der Waals surface area contributed by atoms with Gasteiger partial charge in [-0.2, -0.15) is 0 Å². The van der Waals surface area contributed by atoms with Crippen LogP contribution in [0.4, 0.5) is 9.18 Å². The van der Waals surface area contributed by atoms with Crippen molar-refractivity contribution >= 4 is 6.03 Å². The van der Waals surface area contributed by atoms with E-state index in [1.165, 1.54) is 11.6 Å². The highest BCUT2D eigenvalue weighted by Gasteiger charge is 2.37. The number of nitrogens with one attached hydrogen (secondary N) is 1. The van der Waals surface area contributed by atoms with E-state index in [1.807, 2.05) is 37.3 Å². The first-order chi connectivity index (χ1) is 12.6. The van der Waals surface area contributed by atoms with Crippen LogP contribution in [0.3, 0.4) is 0 Å². The maximum Gasteiger partial charge on any atom is 0.318 e. The number of benzene rings is 2. The molecule has 2 aromatic rings. The number of carbonyl (C=O) groups is 1. The molecule has 4 nitrogen and oxygen atoms in total. The summed E-state index contributed by atoms with van der Waals surface area (Å²) in [7, 11) is 0. The number of hydrogen-bond donors (Lipinski definition) is 1. The van der Waals surface area contributed by atoms with Crippen molar-refractivity contribution in [1.82, 2.24) is 10.2 Å². The number of amides is 2. The van der Waals surface area contributed by atoms with Crippen LogP contribution >= 0.6 is 0 Å². The zero-order chi connectivity index (χ0) is 18.1. The molecule has 0 bridgehead atoms. The molecule has 4 rings (SSSR count). The number of urea groups is 1. The van der Waals surface area contributed by atoms with Gasteiger partial charge in [0.1, 0.15) is 17.7 Å². The smallest absolute Gasteiger partial charge is 0.318 e. The Bertz CT molecular complexity index is 781. The summed E-state index contributed by atoms with van der Waals surface area (Å²) in [5, 5.41) is 2.99. The number of fused-ring (bicyclic) bond motifs is 1. The summed E-state index contributed by atoms with van der Waals surface area (Å²) < 4.78 is 20.0. The van der Waals surface area contributed by atoms with Crippen LogP contribution in [0.15, 0.2) is 48.5 Å². The molecule has 2 aromatic carbocycles. The first kappa shape index (κ1) is 16.9. The minimum atomic E-state index is -0.301. The molecule has 1 fully saturated rings. The van der Waals surface area contributed by atoms with E-state index in [1.54, 1.807) is 17.0 Å². The van der Waals surface area contributed by atoms with Crippen molar-refractivity contribution in [2.75, 3.05) is 6.54 Å². The first-order valence-corrected chi connectivity index (χ1v) is 9.18. The van der Waals surface area contributed by atoms with Gasteiger partial charge in [-0.3, -0.25) is 0 Å². The van der Waals surface area contributed by atoms with Gasteiger partial charge in [-0.05, 0) is 37.5 Å². The quantitative estimate of drug-likeness (QED) is 0.880. The molecule has 2 aliphatic rings. The van der Waals surface area contributed by atoms with E-state index in [0.29, 0.717) is 12.1 Å². The van der Waals surface area contributed by atoms with E-state index >= 15 is 0 Å². The van der Waals surface area contributed by atoms with Crippen LogP contribution in [-0.2, 0) is 6.42 Å². The van der Waals surface area contributed by atoms with Crippen molar-refractivity contribution in [3.63, 3.8) is 0 Å². The summed E-state index contributed by atoms with van der Waals surface area (Å²) in [5.41, 5.74) is 1.73. The van der Waals surface area contributed by atoms with Gasteiger partial charge < -0.3 is 15.0 Å². The van der Waals surface area contributed by atoms with Crippen LogP contribution in [-0.4, -0.2) is 29.6 Å². The highest BCUT2D eigenvalue weighted by Crippen LogP contribution is 2.35. The van der Waals surface area contributed by atoms with Crippen molar-refractivity contribution in [2.45, 2.75) is 44.4 Å². The van der Waals surface area contributed by atoms with Gasteiger partial charge >= 0.3 is 6.03 Å². The fourth-order valence-corrected chi connectivity index (χ4v) is 3.63. The summed E-state index contributed by atoms with van der Waals surface area (Å²) in [6.45, 7) is 2.33. The first-order valence-electron chi connectivity index (χ1n) is 9.18. The number of nitrogens with zero attached hydrogens (tertiary/aromatic N) is 1. The minimum absolute atomic E-state index is 0.0545. The molecule has 26 heavy (non-hydrogen) atoms. The van der Waals surface area contributed by atoms with Crippen LogP contribution in [0, 0.1) is 5.82 Å². The lowest BCUT2D eigenvalue weighted by Gasteiger charge is -2.30. The third-order valence-corrected chi connectivity index (χ3v) is 5.14. The minimum Gasteiger partial charge on any atom is -0.488 e. The van der Waals surface area contributed by atoms with E-state index in [9.17, 15) is 9.18 Å². The Balaban J connectivity index is 1.40. The van der Waals surface area contributed by atoms with Crippen LogP contribution in [0.25, 0.3) is 0 Å². The van der Waals surface area contributed by atoms with Crippen LogP contribution in [0.1, 0.15) is 36.9 Å². The molecule has 1 heterocycles. The maximum absolute atomic E-state index is 14.2. The lowest BCUT2D eigenvalue weighted by Crippen LogP contribution is -2.46. The molecule has 0 radical (unpaired) electrons. The molecule has 1 aliphatic carbocycles. The van der Waals surface area contributed by atoms with Crippen molar-refractivity contribution in [3.8, 4) is 5.75 Å². The second-order valence-electron chi connectivity index (χ2n) is 7.07. The molecular formula is C21H23FN2O2. The highest BCUT2D eigenvalue weighted by atomic mass is 19.1. The Morgan fingerprint density at radius 3 is 2.69 bits per heavy atom. The molecule has 136 valence electrons. The van der Waals surface area contributed by atoms with E-state index in [4.69, 9.17) is 4.74 Å². The molecule has 5 heteroatoms. The van der Waals surface area contributed by atoms with Gasteiger partial charge in [0.05, 0.1) is 12.6 Å². The molecule has 0 aromatic heterocycles. The van der Waals surface area contributed by atoms with E-state index in [-0.39, 0.29) is 30.0 Å². The summed E-state index contributed by atoms with van der Waals surface area (Å²) in [4.78, 5) is 14.6. The largest absolute Gasteiger partial charge is 0.488 e. The predicted molar refractivity (Wildman–Crippen MR) is 97.6 cm³/mol. The fraction of sp³-hybridized carbons (Fsp3) is 0.381. The molecule has 2 amide bonds. The van der Waals surface area contributed by atoms with Gasteiger partial charge in [-0.15, -0.1) is 0 Å². The van der Waals surface area contributed by atoms with Gasteiger partial charge in [-0.1, -0.05) is 36.4 Å². The number of halogens is 1. The standard InChI is InChI=1S/C21H23FN2O2/c1-14(18-7-3-4-8-19(18)22)24(16-10-11-16)21(25)23-13-17-12-15-6-2-5-9-20(15)26-17/h2-9,14,16-17H,10-13H2,1H3,(H,23,25)/t14-,17+/m1/s1. The van der Waals surface area contributed by atoms with Gasteiger partial charge in [-0.25, -0.2) is 9.18 Å². The summed E-state index contributed by atoms with van der Waals surface area (Å²) >= 11 is 0. The van der Waals surface area contributed by atoms with Gasteiger partial charge in [0.2, 0.25) is 0 Å². The Hall–Kier alpha value is -2.56. The molecule has 0 unspecified atom stereocenters. The zero-order valence-electron chi connectivity index (χ0n) is 14.8. The van der Waals surface area contributed by atoms with Gasteiger partial charge in [0, 0.05) is 18.0 Å². The van der Waals surface area contributed by atoms with Gasteiger partial charge in [0.25, 0.3) is 0 Å². The lowest BCUT2D eigenvalue weighted by molar-refractivity contribution is 0.164. The summed E-state index contributed by atoms with van der Waals surface area (Å²) in [6, 6.07) is 14.3. The Kier molecular flexibility index (Phi) is 4.53.